The standard InChI is InChI=1S/C27H35N3O5/c1-5-18(2)28-26(32)24(29-25(31)20-9-8-10-21(17-20)34-3)19-13-15-30(16-14-19)27(33)22-11-6-7-12-23(22)35-4/h6-12,17-19,24H,5,13-16H2,1-4H3,(H,28,32)(H,29,31)/t18-,24+/m1/s1. The van der Waals surface area contributed by atoms with Crippen molar-refractivity contribution >= 4 is 17.7 Å². The first-order valence-electron chi connectivity index (χ1n) is 12.1. The van der Waals surface area contributed by atoms with E-state index < -0.39 is 6.04 Å². The summed E-state index contributed by atoms with van der Waals surface area (Å²) in [6.45, 7) is 4.91. The number of piperidine rings is 1. The van der Waals surface area contributed by atoms with Crippen molar-refractivity contribution in [1.29, 1.82) is 0 Å². The molecule has 0 aromatic heterocycles. The van der Waals surface area contributed by atoms with Crippen molar-refractivity contribution in [3.63, 3.8) is 0 Å². The lowest BCUT2D eigenvalue weighted by Gasteiger charge is -2.36. The number of benzene rings is 2. The van der Waals surface area contributed by atoms with Gasteiger partial charge in [0.25, 0.3) is 11.8 Å². The molecule has 0 unspecified atom stereocenters. The van der Waals surface area contributed by atoms with Crippen LogP contribution in [-0.4, -0.2) is 62.0 Å². The fourth-order valence-electron chi connectivity index (χ4n) is 4.25. The maximum absolute atomic E-state index is 13.2. The highest BCUT2D eigenvalue weighted by atomic mass is 16.5. The van der Waals surface area contributed by atoms with Gasteiger partial charge in [-0.2, -0.15) is 0 Å². The highest BCUT2D eigenvalue weighted by Gasteiger charge is 2.35. The lowest BCUT2D eigenvalue weighted by molar-refractivity contribution is -0.125. The Bertz CT molecular complexity index is 1030. The summed E-state index contributed by atoms with van der Waals surface area (Å²) in [5.41, 5.74) is 0.945. The fraction of sp³-hybridized carbons (Fsp3) is 0.444. The predicted octanol–water partition coefficient (Wildman–Crippen LogP) is 3.27. The third-order valence-corrected chi connectivity index (χ3v) is 6.54. The zero-order valence-electron chi connectivity index (χ0n) is 20.9. The minimum absolute atomic E-state index is 0.00839. The zero-order chi connectivity index (χ0) is 25.4. The summed E-state index contributed by atoms with van der Waals surface area (Å²) in [7, 11) is 3.09. The van der Waals surface area contributed by atoms with Crippen LogP contribution in [0.1, 0.15) is 53.8 Å². The smallest absolute Gasteiger partial charge is 0.257 e. The van der Waals surface area contributed by atoms with E-state index in [0.29, 0.717) is 48.6 Å². The van der Waals surface area contributed by atoms with Crippen LogP contribution in [0, 0.1) is 5.92 Å². The number of amides is 3. The molecule has 3 amide bonds. The highest BCUT2D eigenvalue weighted by molar-refractivity contribution is 5.98. The minimum Gasteiger partial charge on any atom is -0.497 e. The number of ether oxygens (including phenoxy) is 2. The number of methoxy groups -OCH3 is 2. The molecule has 2 N–H and O–H groups in total. The molecule has 1 fully saturated rings. The van der Waals surface area contributed by atoms with Gasteiger partial charge in [-0.15, -0.1) is 0 Å². The Balaban J connectivity index is 1.73. The second-order valence-corrected chi connectivity index (χ2v) is 8.83. The van der Waals surface area contributed by atoms with Crippen LogP contribution in [0.25, 0.3) is 0 Å². The average Bonchev–Trinajstić information content (AvgIpc) is 2.91. The van der Waals surface area contributed by atoms with Crippen LogP contribution in [0.2, 0.25) is 0 Å². The molecule has 1 aliphatic rings. The number of rotatable bonds is 9. The van der Waals surface area contributed by atoms with Crippen molar-refractivity contribution in [2.75, 3.05) is 27.3 Å². The SMILES string of the molecule is CC[C@@H](C)NC(=O)[C@@H](NC(=O)c1cccc(OC)c1)C1CCN(C(=O)c2ccccc2OC)CC1. The fourth-order valence-corrected chi connectivity index (χ4v) is 4.25. The molecular formula is C27H35N3O5. The number of hydrogen-bond acceptors (Lipinski definition) is 5. The number of nitrogens with zero attached hydrogens (tertiary/aromatic N) is 1. The lowest BCUT2D eigenvalue weighted by Crippen LogP contribution is -2.55. The average molecular weight is 482 g/mol. The van der Waals surface area contributed by atoms with Gasteiger partial charge in [0.1, 0.15) is 17.5 Å². The van der Waals surface area contributed by atoms with E-state index in [4.69, 9.17) is 9.47 Å². The number of hydrogen-bond donors (Lipinski definition) is 2. The van der Waals surface area contributed by atoms with Crippen LogP contribution in [0.15, 0.2) is 48.5 Å². The zero-order valence-corrected chi connectivity index (χ0v) is 20.9. The van der Waals surface area contributed by atoms with E-state index in [1.165, 1.54) is 0 Å². The molecule has 0 aliphatic carbocycles. The number of carbonyl (C=O) groups is 3. The Morgan fingerprint density at radius 1 is 1.00 bits per heavy atom. The molecule has 0 saturated carbocycles. The molecule has 1 saturated heterocycles. The summed E-state index contributed by atoms with van der Waals surface area (Å²) in [6, 6.07) is 13.3. The van der Waals surface area contributed by atoms with E-state index in [2.05, 4.69) is 10.6 Å². The molecular weight excluding hydrogens is 446 g/mol. The van der Waals surface area contributed by atoms with Gasteiger partial charge >= 0.3 is 0 Å². The predicted molar refractivity (Wildman–Crippen MR) is 134 cm³/mol. The maximum Gasteiger partial charge on any atom is 0.257 e. The summed E-state index contributed by atoms with van der Waals surface area (Å²) < 4.78 is 10.6. The molecule has 2 atom stereocenters. The number of para-hydroxylation sites is 1. The van der Waals surface area contributed by atoms with E-state index in [1.807, 2.05) is 26.0 Å². The molecule has 8 heteroatoms. The Hall–Kier alpha value is -3.55. The third kappa shape index (κ3) is 6.53. The van der Waals surface area contributed by atoms with Crippen molar-refractivity contribution in [2.24, 2.45) is 5.92 Å². The summed E-state index contributed by atoms with van der Waals surface area (Å²) >= 11 is 0. The van der Waals surface area contributed by atoms with Crippen LogP contribution in [0.3, 0.4) is 0 Å². The summed E-state index contributed by atoms with van der Waals surface area (Å²) in [5, 5.41) is 5.95. The summed E-state index contributed by atoms with van der Waals surface area (Å²) in [4.78, 5) is 41.1. The molecule has 3 rings (SSSR count). The molecule has 8 nitrogen and oxygen atoms in total. The largest absolute Gasteiger partial charge is 0.497 e. The highest BCUT2D eigenvalue weighted by Crippen LogP contribution is 2.26. The van der Waals surface area contributed by atoms with Gasteiger partial charge in [-0.3, -0.25) is 14.4 Å². The molecule has 2 aromatic rings. The molecule has 0 spiro atoms. The van der Waals surface area contributed by atoms with E-state index in [1.54, 1.807) is 55.5 Å². The van der Waals surface area contributed by atoms with Gasteiger partial charge in [0.05, 0.1) is 19.8 Å². The number of carbonyl (C=O) groups excluding carboxylic acids is 3. The number of nitrogens with one attached hydrogen (secondary N) is 2. The first-order valence-corrected chi connectivity index (χ1v) is 12.1. The van der Waals surface area contributed by atoms with E-state index in [9.17, 15) is 14.4 Å². The second kappa shape index (κ2) is 12.2. The van der Waals surface area contributed by atoms with Crippen LogP contribution < -0.4 is 20.1 Å². The molecule has 0 bridgehead atoms. The first kappa shape index (κ1) is 26.1. The maximum atomic E-state index is 13.2. The summed E-state index contributed by atoms with van der Waals surface area (Å²) in [5.74, 6) is 0.375. The van der Waals surface area contributed by atoms with Crippen molar-refractivity contribution in [3.05, 3.63) is 59.7 Å². The normalized spacial score (nSPS) is 15.6. The quantitative estimate of drug-likeness (QED) is 0.573. The van der Waals surface area contributed by atoms with Crippen molar-refractivity contribution < 1.29 is 23.9 Å². The Morgan fingerprint density at radius 2 is 1.71 bits per heavy atom. The molecule has 188 valence electrons. The second-order valence-electron chi connectivity index (χ2n) is 8.83. The van der Waals surface area contributed by atoms with E-state index in [0.717, 1.165) is 6.42 Å². The van der Waals surface area contributed by atoms with Gasteiger partial charge in [-0.25, -0.2) is 0 Å². The molecule has 35 heavy (non-hydrogen) atoms. The monoisotopic (exact) mass is 481 g/mol. The van der Waals surface area contributed by atoms with Gasteiger partial charge in [0, 0.05) is 24.7 Å². The van der Waals surface area contributed by atoms with Gasteiger partial charge in [-0.05, 0) is 62.4 Å². The molecule has 1 aliphatic heterocycles. The van der Waals surface area contributed by atoms with Gasteiger partial charge in [-0.1, -0.05) is 25.1 Å². The van der Waals surface area contributed by atoms with Crippen LogP contribution >= 0.6 is 0 Å². The van der Waals surface area contributed by atoms with E-state index in [-0.39, 0.29) is 29.7 Å². The molecule has 1 heterocycles. The first-order chi connectivity index (χ1) is 16.9. The Kier molecular flexibility index (Phi) is 9.11. The van der Waals surface area contributed by atoms with Gasteiger partial charge < -0.3 is 25.0 Å². The van der Waals surface area contributed by atoms with Crippen LogP contribution in [0.5, 0.6) is 11.5 Å². The van der Waals surface area contributed by atoms with Gasteiger partial charge in [0.2, 0.25) is 5.91 Å². The lowest BCUT2D eigenvalue weighted by atomic mass is 9.88. The topological polar surface area (TPSA) is 97.0 Å². The van der Waals surface area contributed by atoms with Crippen LogP contribution in [-0.2, 0) is 4.79 Å². The molecule has 2 aromatic carbocycles. The minimum atomic E-state index is -0.703. The van der Waals surface area contributed by atoms with E-state index >= 15 is 0 Å². The van der Waals surface area contributed by atoms with Crippen molar-refractivity contribution in [2.45, 2.75) is 45.2 Å². The summed E-state index contributed by atoms with van der Waals surface area (Å²) in [6.07, 6.45) is 1.98. The van der Waals surface area contributed by atoms with Crippen molar-refractivity contribution in [3.8, 4) is 11.5 Å². The van der Waals surface area contributed by atoms with Crippen molar-refractivity contribution in [1.82, 2.24) is 15.5 Å². The number of likely N-dealkylation sites (tertiary alicyclic amines) is 1. The molecule has 0 radical (unpaired) electrons. The Labute approximate surface area is 207 Å². The van der Waals surface area contributed by atoms with Crippen LogP contribution in [0.4, 0.5) is 0 Å². The Morgan fingerprint density at radius 3 is 2.37 bits per heavy atom. The third-order valence-electron chi connectivity index (χ3n) is 6.54. The van der Waals surface area contributed by atoms with Gasteiger partial charge in [0.15, 0.2) is 0 Å².